The lowest BCUT2D eigenvalue weighted by Crippen LogP contribution is -2.22. The van der Waals surface area contributed by atoms with Crippen molar-refractivity contribution in [1.82, 2.24) is 0 Å². The van der Waals surface area contributed by atoms with Crippen LogP contribution in [0.25, 0.3) is 0 Å². The number of ketones is 2. The predicted molar refractivity (Wildman–Crippen MR) is 74.5 cm³/mol. The van der Waals surface area contributed by atoms with E-state index in [1.807, 2.05) is 0 Å². The fourth-order valence-corrected chi connectivity index (χ4v) is 2.58. The molecule has 5 heteroatoms. The van der Waals surface area contributed by atoms with E-state index in [1.54, 1.807) is 6.07 Å². The number of rotatable bonds is 2. The summed E-state index contributed by atoms with van der Waals surface area (Å²) in [5.74, 6) is -0.440. The highest BCUT2D eigenvalue weighted by atomic mass is 16.5. The van der Waals surface area contributed by atoms with Gasteiger partial charge in [0.05, 0.1) is 25.3 Å². The van der Waals surface area contributed by atoms with Crippen LogP contribution in [-0.4, -0.2) is 30.9 Å². The Morgan fingerprint density at radius 2 is 1.57 bits per heavy atom. The topological polar surface area (TPSA) is 72.8 Å². The van der Waals surface area contributed by atoms with E-state index in [0.29, 0.717) is 5.75 Å². The molecule has 0 saturated carbocycles. The van der Waals surface area contributed by atoms with Gasteiger partial charge in [0.15, 0.2) is 17.3 Å². The molecule has 0 heterocycles. The molecule has 0 saturated heterocycles. The number of carbonyl (C=O) groups excluding carboxylic acids is 2. The van der Waals surface area contributed by atoms with Crippen molar-refractivity contribution in [2.45, 2.75) is 0 Å². The van der Waals surface area contributed by atoms with E-state index < -0.39 is 5.78 Å². The zero-order valence-electron chi connectivity index (χ0n) is 11.5. The van der Waals surface area contributed by atoms with Gasteiger partial charge in [-0.3, -0.25) is 9.59 Å². The molecular formula is C16H12O5. The van der Waals surface area contributed by atoms with Gasteiger partial charge in [0.2, 0.25) is 5.78 Å². The lowest BCUT2D eigenvalue weighted by molar-refractivity contribution is 0.0973. The van der Waals surface area contributed by atoms with Crippen molar-refractivity contribution in [2.24, 2.45) is 0 Å². The third-order valence-electron chi connectivity index (χ3n) is 3.53. The minimum atomic E-state index is -0.451. The van der Waals surface area contributed by atoms with E-state index in [0.717, 1.165) is 0 Å². The molecule has 0 fully saturated rings. The molecule has 0 amide bonds. The van der Waals surface area contributed by atoms with Gasteiger partial charge >= 0.3 is 0 Å². The highest BCUT2D eigenvalue weighted by Crippen LogP contribution is 2.41. The number of fused-ring (bicyclic) bond motifs is 2. The first-order valence-corrected chi connectivity index (χ1v) is 6.26. The van der Waals surface area contributed by atoms with Crippen LogP contribution in [0.15, 0.2) is 30.3 Å². The van der Waals surface area contributed by atoms with Gasteiger partial charge in [0.25, 0.3) is 0 Å². The number of ether oxygens (including phenoxy) is 2. The van der Waals surface area contributed by atoms with Crippen LogP contribution in [0.3, 0.4) is 0 Å². The Balaban J connectivity index is 2.36. The molecule has 3 rings (SSSR count). The molecule has 0 atom stereocenters. The fraction of sp³-hybridized carbons (Fsp3) is 0.125. The van der Waals surface area contributed by atoms with Gasteiger partial charge < -0.3 is 14.6 Å². The molecule has 1 N–H and O–H groups in total. The summed E-state index contributed by atoms with van der Waals surface area (Å²) in [4.78, 5) is 25.2. The average Bonchev–Trinajstić information content (AvgIpc) is 2.50. The van der Waals surface area contributed by atoms with Crippen molar-refractivity contribution in [3.63, 3.8) is 0 Å². The molecule has 0 unspecified atom stereocenters. The zero-order valence-corrected chi connectivity index (χ0v) is 11.5. The van der Waals surface area contributed by atoms with Gasteiger partial charge in [-0.1, -0.05) is 12.1 Å². The number of benzene rings is 2. The van der Waals surface area contributed by atoms with Crippen molar-refractivity contribution < 1.29 is 24.2 Å². The molecular weight excluding hydrogens is 272 g/mol. The van der Waals surface area contributed by atoms with E-state index in [4.69, 9.17) is 9.47 Å². The molecule has 5 nitrogen and oxygen atoms in total. The Bertz CT molecular complexity index is 776. The van der Waals surface area contributed by atoms with Crippen LogP contribution < -0.4 is 9.47 Å². The fourth-order valence-electron chi connectivity index (χ4n) is 2.58. The second-order valence-corrected chi connectivity index (χ2v) is 4.58. The summed E-state index contributed by atoms with van der Waals surface area (Å²) in [6.07, 6.45) is 0. The number of phenolic OH excluding ortho intramolecular Hbond substituents is 1. The summed E-state index contributed by atoms with van der Waals surface area (Å²) in [6, 6.07) is 7.54. The van der Waals surface area contributed by atoms with E-state index in [-0.39, 0.29) is 39.5 Å². The SMILES string of the molecule is COc1ccc2c(c1OC)C(=O)c1c(O)cccc1C2=O. The van der Waals surface area contributed by atoms with Gasteiger partial charge in [-0.15, -0.1) is 0 Å². The summed E-state index contributed by atoms with van der Waals surface area (Å²) < 4.78 is 10.4. The summed E-state index contributed by atoms with van der Waals surface area (Å²) in [6.45, 7) is 0. The highest BCUT2D eigenvalue weighted by molar-refractivity contribution is 6.30. The number of carbonyl (C=O) groups is 2. The lowest BCUT2D eigenvalue weighted by Gasteiger charge is -2.21. The molecule has 0 radical (unpaired) electrons. The van der Waals surface area contributed by atoms with Crippen LogP contribution in [0, 0.1) is 0 Å². The van der Waals surface area contributed by atoms with Crippen LogP contribution in [0.4, 0.5) is 0 Å². The van der Waals surface area contributed by atoms with Gasteiger partial charge in [-0.05, 0) is 18.2 Å². The Hall–Kier alpha value is -2.82. The minimum absolute atomic E-state index is 0.00144. The first kappa shape index (κ1) is 13.2. The van der Waals surface area contributed by atoms with Crippen molar-refractivity contribution >= 4 is 11.6 Å². The summed E-state index contributed by atoms with van der Waals surface area (Å²) in [5.41, 5.74) is 0.563. The van der Waals surface area contributed by atoms with E-state index in [9.17, 15) is 14.7 Å². The molecule has 0 aromatic heterocycles. The number of aromatic hydroxyl groups is 1. The van der Waals surface area contributed by atoms with Gasteiger partial charge in [-0.25, -0.2) is 0 Å². The highest BCUT2D eigenvalue weighted by Gasteiger charge is 2.35. The molecule has 1 aliphatic carbocycles. The molecule has 106 valence electrons. The summed E-state index contributed by atoms with van der Waals surface area (Å²) in [5, 5.41) is 9.92. The molecule has 0 spiro atoms. The maximum absolute atomic E-state index is 12.7. The second-order valence-electron chi connectivity index (χ2n) is 4.58. The van der Waals surface area contributed by atoms with Gasteiger partial charge in [0.1, 0.15) is 5.75 Å². The molecule has 1 aliphatic rings. The Morgan fingerprint density at radius 1 is 0.857 bits per heavy atom. The monoisotopic (exact) mass is 284 g/mol. The third-order valence-corrected chi connectivity index (χ3v) is 3.53. The first-order valence-electron chi connectivity index (χ1n) is 6.26. The molecule has 21 heavy (non-hydrogen) atoms. The molecule has 2 aromatic rings. The van der Waals surface area contributed by atoms with Crippen molar-refractivity contribution in [3.05, 3.63) is 52.6 Å². The van der Waals surface area contributed by atoms with E-state index in [1.165, 1.54) is 38.5 Å². The van der Waals surface area contributed by atoms with E-state index in [2.05, 4.69) is 0 Å². The Labute approximate surface area is 120 Å². The maximum atomic E-state index is 12.7. The number of hydrogen-bond acceptors (Lipinski definition) is 5. The van der Waals surface area contributed by atoms with Crippen molar-refractivity contribution in [3.8, 4) is 17.2 Å². The normalized spacial score (nSPS) is 12.7. The van der Waals surface area contributed by atoms with Crippen LogP contribution in [0.1, 0.15) is 31.8 Å². The maximum Gasteiger partial charge on any atom is 0.202 e. The van der Waals surface area contributed by atoms with Gasteiger partial charge in [0, 0.05) is 11.1 Å². The quantitative estimate of drug-likeness (QED) is 0.781. The number of hydrogen-bond donors (Lipinski definition) is 1. The predicted octanol–water partition coefficient (Wildman–Crippen LogP) is 2.18. The van der Waals surface area contributed by atoms with Crippen molar-refractivity contribution in [2.75, 3.05) is 14.2 Å². The second kappa shape index (κ2) is 4.63. The first-order chi connectivity index (χ1) is 10.1. The van der Waals surface area contributed by atoms with E-state index >= 15 is 0 Å². The van der Waals surface area contributed by atoms with Crippen LogP contribution >= 0.6 is 0 Å². The Morgan fingerprint density at radius 3 is 2.24 bits per heavy atom. The molecule has 0 aliphatic heterocycles. The molecule has 0 bridgehead atoms. The van der Waals surface area contributed by atoms with Crippen LogP contribution in [0.5, 0.6) is 17.2 Å². The van der Waals surface area contributed by atoms with Crippen molar-refractivity contribution in [1.29, 1.82) is 0 Å². The van der Waals surface area contributed by atoms with Crippen LogP contribution in [-0.2, 0) is 0 Å². The minimum Gasteiger partial charge on any atom is -0.507 e. The summed E-state index contributed by atoms with van der Waals surface area (Å²) in [7, 11) is 2.85. The average molecular weight is 284 g/mol. The largest absolute Gasteiger partial charge is 0.507 e. The third kappa shape index (κ3) is 1.71. The smallest absolute Gasteiger partial charge is 0.202 e. The van der Waals surface area contributed by atoms with Crippen LogP contribution in [0.2, 0.25) is 0 Å². The Kier molecular flexibility index (Phi) is 2.90. The number of phenols is 1. The lowest BCUT2D eigenvalue weighted by atomic mass is 9.83. The number of methoxy groups -OCH3 is 2. The molecule has 2 aromatic carbocycles. The van der Waals surface area contributed by atoms with Gasteiger partial charge in [-0.2, -0.15) is 0 Å². The summed E-state index contributed by atoms with van der Waals surface area (Å²) >= 11 is 0. The standard InChI is InChI=1S/C16H12O5/c1-20-11-7-6-9-13(16(11)21-2)15(19)12-8(14(9)18)4-3-5-10(12)17/h3-7,17H,1-2H3. The zero-order chi connectivity index (χ0) is 15.1.